The minimum absolute atomic E-state index is 0.232. The molecule has 6 nitrogen and oxygen atoms in total. The van der Waals surface area contributed by atoms with Gasteiger partial charge in [-0.3, -0.25) is 9.59 Å². The monoisotopic (exact) mass is 314 g/mol. The summed E-state index contributed by atoms with van der Waals surface area (Å²) in [6.07, 6.45) is 0. The first-order chi connectivity index (χ1) is 11.1. The van der Waals surface area contributed by atoms with Crippen molar-refractivity contribution in [1.82, 2.24) is 0 Å². The first-order valence-corrected chi connectivity index (χ1v) is 7.14. The van der Waals surface area contributed by atoms with Gasteiger partial charge in [-0.2, -0.15) is 0 Å². The fourth-order valence-corrected chi connectivity index (χ4v) is 1.89. The second kappa shape index (κ2) is 7.84. The Hall–Kier alpha value is -3.02. The van der Waals surface area contributed by atoms with Gasteiger partial charge in [0.15, 0.2) is 6.61 Å². The van der Waals surface area contributed by atoms with Gasteiger partial charge >= 0.3 is 0 Å². The van der Waals surface area contributed by atoms with Gasteiger partial charge in [0, 0.05) is 11.3 Å². The molecule has 2 aromatic rings. The molecule has 0 aliphatic carbocycles. The topological polar surface area (TPSA) is 90.7 Å². The third-order valence-corrected chi connectivity index (χ3v) is 2.90. The number of rotatable bonds is 7. The third kappa shape index (κ3) is 5.03. The minimum atomic E-state index is -0.575. The van der Waals surface area contributed by atoms with Crippen molar-refractivity contribution in [2.45, 2.75) is 6.92 Å². The Balaban J connectivity index is 2.02. The number of benzene rings is 2. The van der Waals surface area contributed by atoms with Crippen molar-refractivity contribution in [3.8, 4) is 11.5 Å². The smallest absolute Gasteiger partial charge is 0.255 e. The fraction of sp³-hybridized carbons (Fsp3) is 0.176. The summed E-state index contributed by atoms with van der Waals surface area (Å²) < 4.78 is 10.5. The van der Waals surface area contributed by atoms with Crippen LogP contribution in [0.4, 0.5) is 5.69 Å². The molecule has 0 bridgehead atoms. The molecule has 2 amide bonds. The van der Waals surface area contributed by atoms with Crippen LogP contribution in [0.5, 0.6) is 11.5 Å². The van der Waals surface area contributed by atoms with E-state index in [-0.39, 0.29) is 12.5 Å². The Labute approximate surface area is 134 Å². The second-order valence-electron chi connectivity index (χ2n) is 4.69. The normalized spacial score (nSPS) is 9.96. The van der Waals surface area contributed by atoms with Gasteiger partial charge in [-0.05, 0) is 49.4 Å². The van der Waals surface area contributed by atoms with Gasteiger partial charge in [0.1, 0.15) is 11.5 Å². The molecule has 0 aromatic heterocycles. The van der Waals surface area contributed by atoms with Crippen LogP contribution >= 0.6 is 0 Å². The summed E-state index contributed by atoms with van der Waals surface area (Å²) in [5, 5.41) is 2.78. The lowest BCUT2D eigenvalue weighted by molar-refractivity contribution is -0.119. The average Bonchev–Trinajstić information content (AvgIpc) is 2.55. The lowest BCUT2D eigenvalue weighted by Crippen LogP contribution is -2.20. The van der Waals surface area contributed by atoms with E-state index in [2.05, 4.69) is 5.32 Å². The Morgan fingerprint density at radius 2 is 1.78 bits per heavy atom. The van der Waals surface area contributed by atoms with E-state index in [0.29, 0.717) is 23.6 Å². The Morgan fingerprint density at radius 1 is 1.04 bits per heavy atom. The van der Waals surface area contributed by atoms with Crippen molar-refractivity contribution < 1.29 is 19.1 Å². The van der Waals surface area contributed by atoms with Gasteiger partial charge in [-0.1, -0.05) is 6.07 Å². The van der Waals surface area contributed by atoms with Gasteiger partial charge in [0.2, 0.25) is 0 Å². The summed E-state index contributed by atoms with van der Waals surface area (Å²) in [4.78, 5) is 22.9. The summed E-state index contributed by atoms with van der Waals surface area (Å²) in [5.74, 6) is 0.295. The van der Waals surface area contributed by atoms with Crippen LogP contribution in [0.2, 0.25) is 0 Å². The number of primary amides is 1. The third-order valence-electron chi connectivity index (χ3n) is 2.90. The fourth-order valence-electron chi connectivity index (χ4n) is 1.89. The quantitative estimate of drug-likeness (QED) is 0.819. The maximum Gasteiger partial charge on any atom is 0.255 e. The molecule has 0 saturated heterocycles. The van der Waals surface area contributed by atoms with Crippen LogP contribution in [0.1, 0.15) is 17.3 Å². The van der Waals surface area contributed by atoms with Crippen LogP contribution in [0.25, 0.3) is 0 Å². The number of amides is 2. The predicted octanol–water partition coefficient (Wildman–Crippen LogP) is 2.20. The van der Waals surface area contributed by atoms with Gasteiger partial charge < -0.3 is 20.5 Å². The van der Waals surface area contributed by atoms with Crippen LogP contribution in [-0.2, 0) is 4.79 Å². The summed E-state index contributed by atoms with van der Waals surface area (Å²) in [6.45, 7) is 2.26. The van der Waals surface area contributed by atoms with E-state index >= 15 is 0 Å². The van der Waals surface area contributed by atoms with Gasteiger partial charge in [0.05, 0.1) is 6.61 Å². The summed E-state index contributed by atoms with van der Waals surface area (Å²) in [6, 6.07) is 13.6. The van der Waals surface area contributed by atoms with Crippen molar-refractivity contribution in [1.29, 1.82) is 0 Å². The van der Waals surface area contributed by atoms with E-state index < -0.39 is 5.91 Å². The molecule has 0 heterocycles. The number of hydrogen-bond donors (Lipinski definition) is 2. The molecule has 0 fully saturated rings. The Kier molecular flexibility index (Phi) is 5.57. The molecule has 6 heteroatoms. The number of nitrogens with two attached hydrogens (primary N) is 1. The largest absolute Gasteiger partial charge is 0.494 e. The molecular formula is C17H18N2O4. The molecule has 120 valence electrons. The van der Waals surface area contributed by atoms with Crippen molar-refractivity contribution in [3.63, 3.8) is 0 Å². The molecule has 0 saturated carbocycles. The molecule has 0 atom stereocenters. The Morgan fingerprint density at radius 3 is 2.43 bits per heavy atom. The predicted molar refractivity (Wildman–Crippen MR) is 86.7 cm³/mol. The highest BCUT2D eigenvalue weighted by atomic mass is 16.5. The van der Waals surface area contributed by atoms with E-state index in [1.54, 1.807) is 48.5 Å². The molecule has 0 unspecified atom stereocenters. The zero-order valence-corrected chi connectivity index (χ0v) is 12.7. The molecular weight excluding hydrogens is 296 g/mol. The number of ether oxygens (including phenoxy) is 2. The van der Waals surface area contributed by atoms with E-state index in [0.717, 1.165) is 5.75 Å². The summed E-state index contributed by atoms with van der Waals surface area (Å²) in [7, 11) is 0. The van der Waals surface area contributed by atoms with E-state index in [1.807, 2.05) is 6.92 Å². The van der Waals surface area contributed by atoms with Crippen LogP contribution in [0.15, 0.2) is 48.5 Å². The molecule has 2 rings (SSSR count). The molecule has 2 aromatic carbocycles. The molecule has 23 heavy (non-hydrogen) atoms. The van der Waals surface area contributed by atoms with E-state index in [4.69, 9.17) is 15.2 Å². The molecule has 0 aliphatic rings. The van der Waals surface area contributed by atoms with Crippen LogP contribution in [-0.4, -0.2) is 25.0 Å². The molecule has 0 spiro atoms. The van der Waals surface area contributed by atoms with Gasteiger partial charge in [-0.25, -0.2) is 0 Å². The van der Waals surface area contributed by atoms with Gasteiger partial charge in [-0.15, -0.1) is 0 Å². The van der Waals surface area contributed by atoms with Crippen molar-refractivity contribution in [3.05, 3.63) is 54.1 Å². The average molecular weight is 314 g/mol. The highest BCUT2D eigenvalue weighted by Crippen LogP contribution is 2.18. The minimum Gasteiger partial charge on any atom is -0.494 e. The number of hydrogen-bond acceptors (Lipinski definition) is 4. The number of nitrogens with one attached hydrogen (secondary N) is 1. The van der Waals surface area contributed by atoms with Crippen molar-refractivity contribution in [2.24, 2.45) is 5.73 Å². The molecule has 0 aliphatic heterocycles. The standard InChI is InChI=1S/C17H18N2O4/c1-2-22-14-8-6-13(7-9-14)19-17(21)12-4-3-5-15(10-12)23-11-16(18)20/h3-10H,2,11H2,1H3,(H2,18,20)(H,19,21). The zero-order valence-electron chi connectivity index (χ0n) is 12.7. The highest BCUT2D eigenvalue weighted by molar-refractivity contribution is 6.04. The molecule has 3 N–H and O–H groups in total. The van der Waals surface area contributed by atoms with Crippen LogP contribution in [0, 0.1) is 0 Å². The second-order valence-corrected chi connectivity index (χ2v) is 4.69. The maximum absolute atomic E-state index is 12.2. The first-order valence-electron chi connectivity index (χ1n) is 7.14. The number of carbonyl (C=O) groups excluding carboxylic acids is 2. The zero-order chi connectivity index (χ0) is 16.7. The number of carbonyl (C=O) groups is 2. The lowest BCUT2D eigenvalue weighted by atomic mass is 10.2. The van der Waals surface area contributed by atoms with Crippen LogP contribution < -0.4 is 20.5 Å². The van der Waals surface area contributed by atoms with E-state index in [1.165, 1.54) is 0 Å². The number of anilines is 1. The van der Waals surface area contributed by atoms with E-state index in [9.17, 15) is 9.59 Å². The summed E-state index contributed by atoms with van der Waals surface area (Å²) in [5.41, 5.74) is 6.09. The van der Waals surface area contributed by atoms with Crippen LogP contribution in [0.3, 0.4) is 0 Å². The van der Waals surface area contributed by atoms with Crippen molar-refractivity contribution in [2.75, 3.05) is 18.5 Å². The molecule has 0 radical (unpaired) electrons. The SMILES string of the molecule is CCOc1ccc(NC(=O)c2cccc(OCC(N)=O)c2)cc1. The maximum atomic E-state index is 12.2. The van der Waals surface area contributed by atoms with Gasteiger partial charge in [0.25, 0.3) is 11.8 Å². The Bertz CT molecular complexity index is 683. The first kappa shape index (κ1) is 16.4. The summed E-state index contributed by atoms with van der Waals surface area (Å²) >= 11 is 0. The lowest BCUT2D eigenvalue weighted by Gasteiger charge is -2.09. The highest BCUT2D eigenvalue weighted by Gasteiger charge is 2.08. The van der Waals surface area contributed by atoms with Crippen molar-refractivity contribution >= 4 is 17.5 Å².